The number of rotatable bonds is 4. The Bertz CT molecular complexity index is 710. The van der Waals surface area contributed by atoms with E-state index in [2.05, 4.69) is 25.3 Å². The summed E-state index contributed by atoms with van der Waals surface area (Å²) in [5, 5.41) is 3.25. The van der Waals surface area contributed by atoms with Gasteiger partial charge in [-0.3, -0.25) is 0 Å². The Morgan fingerprint density at radius 3 is 2.43 bits per heavy atom. The molecule has 1 N–H and O–H groups in total. The largest absolute Gasteiger partial charge is 0.377 e. The molecule has 2 aromatic heterocycles. The number of benzene rings is 1. The van der Waals surface area contributed by atoms with E-state index in [9.17, 15) is 0 Å². The van der Waals surface area contributed by atoms with E-state index in [4.69, 9.17) is 0 Å². The van der Waals surface area contributed by atoms with E-state index in [1.165, 1.54) is 0 Å². The van der Waals surface area contributed by atoms with Crippen LogP contribution in [0.25, 0.3) is 11.4 Å². The van der Waals surface area contributed by atoms with Crippen molar-refractivity contribution in [2.24, 2.45) is 0 Å². The van der Waals surface area contributed by atoms with Crippen molar-refractivity contribution in [3.63, 3.8) is 0 Å². The van der Waals surface area contributed by atoms with Crippen LogP contribution in [-0.2, 0) is 6.54 Å². The number of anilines is 1. The van der Waals surface area contributed by atoms with Crippen molar-refractivity contribution in [1.29, 1.82) is 0 Å². The summed E-state index contributed by atoms with van der Waals surface area (Å²) < 4.78 is 0. The van der Waals surface area contributed by atoms with Gasteiger partial charge in [0.05, 0.1) is 30.3 Å². The summed E-state index contributed by atoms with van der Waals surface area (Å²) in [5.41, 5.74) is 2.82. The Balaban J connectivity index is 1.68. The summed E-state index contributed by atoms with van der Waals surface area (Å²) in [6, 6.07) is 11.8. The fraction of sp³-hybridized carbons (Fsp3) is 0.125. The van der Waals surface area contributed by atoms with Crippen molar-refractivity contribution >= 4 is 5.69 Å². The van der Waals surface area contributed by atoms with Crippen molar-refractivity contribution < 1.29 is 0 Å². The molecule has 0 saturated carbocycles. The van der Waals surface area contributed by atoms with E-state index in [1.807, 2.05) is 43.3 Å². The van der Waals surface area contributed by atoms with E-state index >= 15 is 0 Å². The highest BCUT2D eigenvalue weighted by Crippen LogP contribution is 2.15. The minimum Gasteiger partial charge on any atom is -0.377 e. The molecule has 2 heterocycles. The molecule has 3 aromatic rings. The van der Waals surface area contributed by atoms with Crippen LogP contribution in [0.1, 0.15) is 11.5 Å². The summed E-state index contributed by atoms with van der Waals surface area (Å²) in [6.07, 6.45) is 5.32. The van der Waals surface area contributed by atoms with Gasteiger partial charge in [-0.15, -0.1) is 0 Å². The molecule has 5 heteroatoms. The van der Waals surface area contributed by atoms with E-state index in [1.54, 1.807) is 18.6 Å². The van der Waals surface area contributed by atoms with E-state index < -0.39 is 0 Å². The van der Waals surface area contributed by atoms with Crippen LogP contribution in [0.3, 0.4) is 0 Å². The molecule has 0 saturated heterocycles. The van der Waals surface area contributed by atoms with Gasteiger partial charge in [0.15, 0.2) is 5.82 Å². The molecule has 0 aliphatic rings. The predicted molar refractivity (Wildman–Crippen MR) is 81.6 cm³/mol. The number of hydrogen-bond acceptors (Lipinski definition) is 5. The molecule has 0 fully saturated rings. The van der Waals surface area contributed by atoms with Gasteiger partial charge in [0.2, 0.25) is 0 Å². The second-order valence-corrected chi connectivity index (χ2v) is 4.61. The van der Waals surface area contributed by atoms with Gasteiger partial charge in [0.1, 0.15) is 5.82 Å². The number of nitrogens with one attached hydrogen (secondary N) is 1. The van der Waals surface area contributed by atoms with Crippen LogP contribution in [0.15, 0.2) is 55.0 Å². The first-order valence-electron chi connectivity index (χ1n) is 6.71. The third-order valence-corrected chi connectivity index (χ3v) is 2.99. The highest BCUT2D eigenvalue weighted by molar-refractivity contribution is 5.55. The molecule has 0 atom stereocenters. The minimum absolute atomic E-state index is 0.622. The van der Waals surface area contributed by atoms with Crippen molar-refractivity contribution in [1.82, 2.24) is 19.9 Å². The minimum atomic E-state index is 0.622. The van der Waals surface area contributed by atoms with Gasteiger partial charge in [-0.1, -0.05) is 30.3 Å². The average Bonchev–Trinajstić information content (AvgIpc) is 2.54. The van der Waals surface area contributed by atoms with Gasteiger partial charge < -0.3 is 5.32 Å². The Morgan fingerprint density at radius 1 is 0.952 bits per heavy atom. The smallest absolute Gasteiger partial charge is 0.159 e. The fourth-order valence-corrected chi connectivity index (χ4v) is 1.95. The van der Waals surface area contributed by atoms with E-state index in [0.717, 1.165) is 28.6 Å². The molecule has 0 aliphatic heterocycles. The monoisotopic (exact) mass is 277 g/mol. The van der Waals surface area contributed by atoms with Crippen molar-refractivity contribution in [3.8, 4) is 11.4 Å². The lowest BCUT2D eigenvalue weighted by Gasteiger charge is -2.06. The van der Waals surface area contributed by atoms with Crippen LogP contribution in [-0.4, -0.2) is 19.9 Å². The molecule has 3 rings (SSSR count). The number of hydrogen-bond donors (Lipinski definition) is 1. The topological polar surface area (TPSA) is 63.6 Å². The van der Waals surface area contributed by atoms with Crippen molar-refractivity contribution in [2.75, 3.05) is 5.32 Å². The van der Waals surface area contributed by atoms with Crippen molar-refractivity contribution in [2.45, 2.75) is 13.5 Å². The lowest BCUT2D eigenvalue weighted by atomic mass is 10.2. The molecular weight excluding hydrogens is 262 g/mol. The van der Waals surface area contributed by atoms with Gasteiger partial charge in [-0.2, -0.15) is 0 Å². The van der Waals surface area contributed by atoms with Gasteiger partial charge in [-0.25, -0.2) is 19.9 Å². The number of nitrogens with zero attached hydrogens (tertiary/aromatic N) is 4. The number of aromatic nitrogens is 4. The first-order chi connectivity index (χ1) is 10.3. The van der Waals surface area contributed by atoms with Gasteiger partial charge in [0, 0.05) is 11.8 Å². The molecule has 21 heavy (non-hydrogen) atoms. The second-order valence-electron chi connectivity index (χ2n) is 4.61. The highest BCUT2D eigenvalue weighted by Gasteiger charge is 2.01. The first-order valence-corrected chi connectivity index (χ1v) is 6.71. The average molecular weight is 277 g/mol. The van der Waals surface area contributed by atoms with Crippen LogP contribution in [0.5, 0.6) is 0 Å². The third-order valence-electron chi connectivity index (χ3n) is 2.99. The SMILES string of the molecule is Cc1nccc(CNc2cnc(-c3ccccc3)nc2)n1. The van der Waals surface area contributed by atoms with Gasteiger partial charge >= 0.3 is 0 Å². The van der Waals surface area contributed by atoms with Gasteiger partial charge in [0.25, 0.3) is 0 Å². The Labute approximate surface area is 123 Å². The van der Waals surface area contributed by atoms with Crippen LogP contribution in [0, 0.1) is 6.92 Å². The van der Waals surface area contributed by atoms with E-state index in [-0.39, 0.29) is 0 Å². The normalized spacial score (nSPS) is 10.3. The molecule has 1 aromatic carbocycles. The van der Waals surface area contributed by atoms with Crippen LogP contribution >= 0.6 is 0 Å². The lowest BCUT2D eigenvalue weighted by molar-refractivity contribution is 0.952. The molecule has 104 valence electrons. The summed E-state index contributed by atoms with van der Waals surface area (Å²) in [5.74, 6) is 1.49. The van der Waals surface area contributed by atoms with Gasteiger partial charge in [-0.05, 0) is 13.0 Å². The maximum Gasteiger partial charge on any atom is 0.159 e. The molecule has 0 spiro atoms. The maximum absolute atomic E-state index is 4.37. The fourth-order valence-electron chi connectivity index (χ4n) is 1.95. The summed E-state index contributed by atoms with van der Waals surface area (Å²) in [4.78, 5) is 17.2. The molecule has 0 radical (unpaired) electrons. The third kappa shape index (κ3) is 3.39. The van der Waals surface area contributed by atoms with Crippen LogP contribution < -0.4 is 5.32 Å². The molecule has 0 aliphatic carbocycles. The molecule has 0 unspecified atom stereocenters. The quantitative estimate of drug-likeness (QED) is 0.794. The predicted octanol–water partition coefficient (Wildman–Crippen LogP) is 2.85. The second kappa shape index (κ2) is 6.09. The Kier molecular flexibility index (Phi) is 3.82. The van der Waals surface area contributed by atoms with E-state index in [0.29, 0.717) is 6.54 Å². The zero-order valence-corrected chi connectivity index (χ0v) is 11.7. The van der Waals surface area contributed by atoms with Crippen molar-refractivity contribution in [3.05, 3.63) is 66.5 Å². The zero-order valence-electron chi connectivity index (χ0n) is 11.7. The summed E-state index contributed by atoms with van der Waals surface area (Å²) >= 11 is 0. The lowest BCUT2D eigenvalue weighted by Crippen LogP contribution is -2.04. The molecule has 0 amide bonds. The molecule has 5 nitrogen and oxygen atoms in total. The maximum atomic E-state index is 4.37. The molecular formula is C16H15N5. The summed E-state index contributed by atoms with van der Waals surface area (Å²) in [6.45, 7) is 2.50. The summed E-state index contributed by atoms with van der Waals surface area (Å²) in [7, 11) is 0. The Hall–Kier alpha value is -2.82. The highest BCUT2D eigenvalue weighted by atomic mass is 15.0. The zero-order chi connectivity index (χ0) is 14.5. The Morgan fingerprint density at radius 2 is 1.71 bits per heavy atom. The van der Waals surface area contributed by atoms with Crippen LogP contribution in [0.2, 0.25) is 0 Å². The molecule has 0 bridgehead atoms. The number of aryl methyl sites for hydroxylation is 1. The standard InChI is InChI=1S/C16H15N5/c1-12-17-8-7-14(21-12)9-18-15-10-19-16(20-11-15)13-5-3-2-4-6-13/h2-8,10-11,18H,9H2,1H3. The van der Waals surface area contributed by atoms with Crippen LogP contribution in [0.4, 0.5) is 5.69 Å². The first kappa shape index (κ1) is 13.2.